The van der Waals surface area contributed by atoms with Crippen LogP contribution in [0, 0.1) is 0 Å². The molecule has 2 atom stereocenters. The number of rotatable bonds is 10. The molecular formula is C23H32N3O3+. The van der Waals surface area contributed by atoms with Gasteiger partial charge < -0.3 is 20.3 Å². The number of carbonyl (C=O) groups excluding carboxylic acids is 2. The van der Waals surface area contributed by atoms with E-state index >= 15 is 0 Å². The van der Waals surface area contributed by atoms with Gasteiger partial charge in [-0.2, -0.15) is 0 Å². The second-order valence-corrected chi connectivity index (χ2v) is 7.19. The Balaban J connectivity index is 1.88. The number of hydrogen-bond donors (Lipinski definition) is 3. The van der Waals surface area contributed by atoms with Gasteiger partial charge >= 0.3 is 0 Å². The van der Waals surface area contributed by atoms with Gasteiger partial charge in [0, 0.05) is 5.69 Å². The third-order valence-corrected chi connectivity index (χ3v) is 5.08. The number of para-hydroxylation sites is 2. The Morgan fingerprint density at radius 3 is 2.17 bits per heavy atom. The average Bonchev–Trinajstić information content (AvgIpc) is 2.73. The van der Waals surface area contributed by atoms with E-state index in [1.807, 2.05) is 31.2 Å². The van der Waals surface area contributed by atoms with Crippen LogP contribution in [0.1, 0.15) is 38.7 Å². The van der Waals surface area contributed by atoms with Crippen LogP contribution in [0.25, 0.3) is 0 Å². The molecule has 0 radical (unpaired) electrons. The van der Waals surface area contributed by atoms with E-state index in [-0.39, 0.29) is 24.9 Å². The van der Waals surface area contributed by atoms with E-state index in [1.54, 1.807) is 19.2 Å². The van der Waals surface area contributed by atoms with Gasteiger partial charge in [-0.1, -0.05) is 38.1 Å². The average molecular weight is 399 g/mol. The summed E-state index contributed by atoms with van der Waals surface area (Å²) in [6.45, 7) is 7.40. The molecule has 0 aliphatic rings. The van der Waals surface area contributed by atoms with Crippen molar-refractivity contribution in [1.82, 2.24) is 0 Å². The van der Waals surface area contributed by atoms with Crippen molar-refractivity contribution in [3.05, 3.63) is 54.1 Å². The highest BCUT2D eigenvalue weighted by Gasteiger charge is 2.18. The Hall–Kier alpha value is -2.86. The maximum atomic E-state index is 12.4. The molecule has 0 heterocycles. The topological polar surface area (TPSA) is 71.9 Å². The van der Waals surface area contributed by atoms with Gasteiger partial charge in [0.15, 0.2) is 13.1 Å². The molecule has 156 valence electrons. The molecule has 0 aliphatic carbocycles. The monoisotopic (exact) mass is 398 g/mol. The van der Waals surface area contributed by atoms with Crippen molar-refractivity contribution in [1.29, 1.82) is 0 Å². The lowest BCUT2D eigenvalue weighted by Gasteiger charge is -2.17. The summed E-state index contributed by atoms with van der Waals surface area (Å²) in [5.41, 5.74) is 2.66. The summed E-state index contributed by atoms with van der Waals surface area (Å²) >= 11 is 0. The molecule has 0 fully saturated rings. The minimum Gasteiger partial charge on any atom is -0.495 e. The van der Waals surface area contributed by atoms with Crippen LogP contribution in [-0.4, -0.2) is 38.6 Å². The number of hydrogen-bond acceptors (Lipinski definition) is 3. The molecule has 2 aromatic rings. The summed E-state index contributed by atoms with van der Waals surface area (Å²) in [5.74, 6) is 0.847. The van der Waals surface area contributed by atoms with Gasteiger partial charge in [0.05, 0.1) is 19.3 Å². The fourth-order valence-corrected chi connectivity index (χ4v) is 3.04. The molecule has 0 aromatic heterocycles. The second-order valence-electron chi connectivity index (χ2n) is 7.19. The number of quaternary nitrogens is 1. The molecule has 2 amide bonds. The van der Waals surface area contributed by atoms with Gasteiger partial charge in [0.25, 0.3) is 11.8 Å². The van der Waals surface area contributed by atoms with Crippen LogP contribution in [0.4, 0.5) is 11.4 Å². The largest absolute Gasteiger partial charge is 0.495 e. The zero-order valence-corrected chi connectivity index (χ0v) is 17.7. The molecule has 6 nitrogen and oxygen atoms in total. The lowest BCUT2D eigenvalue weighted by molar-refractivity contribution is -0.881. The SMILES string of the molecule is CC[C@@H](C)c1ccc(NC(=O)C[NH+](CC)CC(=O)Nc2ccccc2OC)cc1. The maximum absolute atomic E-state index is 12.4. The Labute approximate surface area is 173 Å². The highest BCUT2D eigenvalue weighted by atomic mass is 16.5. The molecule has 1 unspecified atom stereocenters. The number of carbonyl (C=O) groups is 2. The number of nitrogens with one attached hydrogen (secondary N) is 3. The number of ether oxygens (including phenoxy) is 1. The summed E-state index contributed by atoms with van der Waals surface area (Å²) in [6.07, 6.45) is 1.08. The van der Waals surface area contributed by atoms with Crippen LogP contribution in [-0.2, 0) is 9.59 Å². The molecule has 6 heteroatoms. The highest BCUT2D eigenvalue weighted by molar-refractivity contribution is 5.94. The van der Waals surface area contributed by atoms with E-state index < -0.39 is 0 Å². The molecule has 3 N–H and O–H groups in total. The minimum absolute atomic E-state index is 0.108. The number of likely N-dealkylation sites (N-methyl/N-ethyl adjacent to an activating group) is 1. The molecular weight excluding hydrogens is 366 g/mol. The standard InChI is InChI=1S/C23H31N3O3/c1-5-17(3)18-11-13-19(14-12-18)24-22(27)15-26(6-2)16-23(28)25-20-9-7-8-10-21(20)29-4/h7-14,17H,5-6,15-16H2,1-4H3,(H,24,27)(H,25,28)/p+1/t17-/m1/s1. The number of methoxy groups -OCH3 is 1. The molecule has 0 spiro atoms. The van der Waals surface area contributed by atoms with E-state index in [0.29, 0.717) is 23.9 Å². The van der Waals surface area contributed by atoms with E-state index in [4.69, 9.17) is 4.74 Å². The molecule has 0 saturated heterocycles. The highest BCUT2D eigenvalue weighted by Crippen LogP contribution is 2.22. The number of benzene rings is 2. The zero-order valence-electron chi connectivity index (χ0n) is 17.7. The minimum atomic E-state index is -0.156. The molecule has 29 heavy (non-hydrogen) atoms. The van der Waals surface area contributed by atoms with Crippen molar-refractivity contribution in [3.63, 3.8) is 0 Å². The first kappa shape index (κ1) is 22.4. The predicted molar refractivity (Wildman–Crippen MR) is 117 cm³/mol. The number of amides is 2. The first-order chi connectivity index (χ1) is 14.0. The van der Waals surface area contributed by atoms with Gasteiger partial charge in [-0.3, -0.25) is 9.59 Å². The Morgan fingerprint density at radius 1 is 0.966 bits per heavy atom. The molecule has 0 aliphatic heterocycles. The molecule has 2 rings (SSSR count). The van der Waals surface area contributed by atoms with Crippen molar-refractivity contribution in [2.24, 2.45) is 0 Å². The lowest BCUT2D eigenvalue weighted by Crippen LogP contribution is -3.13. The quantitative estimate of drug-likeness (QED) is 0.576. The normalized spacial score (nSPS) is 12.7. The molecule has 2 aromatic carbocycles. The van der Waals surface area contributed by atoms with Crippen LogP contribution in [0.15, 0.2) is 48.5 Å². The van der Waals surface area contributed by atoms with E-state index in [0.717, 1.165) is 17.0 Å². The van der Waals surface area contributed by atoms with Gasteiger partial charge in [-0.25, -0.2) is 0 Å². The smallest absolute Gasteiger partial charge is 0.279 e. The van der Waals surface area contributed by atoms with Crippen LogP contribution >= 0.6 is 0 Å². The summed E-state index contributed by atoms with van der Waals surface area (Å²) in [5, 5.41) is 5.78. The molecule has 0 saturated carbocycles. The fourth-order valence-electron chi connectivity index (χ4n) is 3.04. The van der Waals surface area contributed by atoms with E-state index in [9.17, 15) is 9.59 Å². The fraction of sp³-hybridized carbons (Fsp3) is 0.391. The van der Waals surface area contributed by atoms with Crippen LogP contribution in [0.5, 0.6) is 5.75 Å². The van der Waals surface area contributed by atoms with Crippen LogP contribution in [0.3, 0.4) is 0 Å². The maximum Gasteiger partial charge on any atom is 0.279 e. The first-order valence-electron chi connectivity index (χ1n) is 10.1. The second kappa shape index (κ2) is 11.2. The zero-order chi connectivity index (χ0) is 21.2. The third-order valence-electron chi connectivity index (χ3n) is 5.08. The van der Waals surface area contributed by atoms with Crippen LogP contribution < -0.4 is 20.3 Å². The summed E-state index contributed by atoms with van der Waals surface area (Å²) in [7, 11) is 1.56. The van der Waals surface area contributed by atoms with Gasteiger partial charge in [-0.05, 0) is 49.1 Å². The summed E-state index contributed by atoms with van der Waals surface area (Å²) in [6, 6.07) is 15.2. The first-order valence-corrected chi connectivity index (χ1v) is 10.1. The Bertz CT molecular complexity index is 805. The van der Waals surface area contributed by atoms with Crippen molar-refractivity contribution < 1.29 is 19.2 Å². The summed E-state index contributed by atoms with van der Waals surface area (Å²) < 4.78 is 5.25. The van der Waals surface area contributed by atoms with Crippen molar-refractivity contribution in [3.8, 4) is 5.75 Å². The van der Waals surface area contributed by atoms with Crippen LogP contribution in [0.2, 0.25) is 0 Å². The lowest BCUT2D eigenvalue weighted by atomic mass is 9.99. The summed E-state index contributed by atoms with van der Waals surface area (Å²) in [4.78, 5) is 25.7. The third kappa shape index (κ3) is 6.91. The predicted octanol–water partition coefficient (Wildman–Crippen LogP) is 2.69. The number of anilines is 2. The van der Waals surface area contributed by atoms with Gasteiger partial charge in [0.2, 0.25) is 0 Å². The Kier molecular flexibility index (Phi) is 8.68. The Morgan fingerprint density at radius 2 is 1.59 bits per heavy atom. The van der Waals surface area contributed by atoms with Gasteiger partial charge in [0.1, 0.15) is 5.75 Å². The van der Waals surface area contributed by atoms with E-state index in [1.165, 1.54) is 5.56 Å². The van der Waals surface area contributed by atoms with Crippen molar-refractivity contribution in [2.45, 2.75) is 33.1 Å². The van der Waals surface area contributed by atoms with Gasteiger partial charge in [-0.15, -0.1) is 0 Å². The van der Waals surface area contributed by atoms with E-state index in [2.05, 4.69) is 36.6 Å². The molecule has 0 bridgehead atoms. The van der Waals surface area contributed by atoms with Crippen molar-refractivity contribution >= 4 is 23.2 Å². The van der Waals surface area contributed by atoms with Crippen molar-refractivity contribution in [2.75, 3.05) is 37.4 Å².